The number of rotatable bonds is 9. The number of esters is 1. The SMILES string of the molecule is CCCSc1nc2n(n1)C(c1ccccc1OCc1ccc(C)cc1)C(C(=O)OCC)=C(C)N2. The Morgan fingerprint density at radius 2 is 1.88 bits per heavy atom. The lowest BCUT2D eigenvalue weighted by Crippen LogP contribution is -2.30. The number of benzene rings is 2. The quantitative estimate of drug-likeness (QED) is 0.320. The molecule has 0 spiro atoms. The molecule has 0 amide bonds. The highest BCUT2D eigenvalue weighted by Crippen LogP contribution is 2.40. The highest BCUT2D eigenvalue weighted by Gasteiger charge is 2.36. The molecule has 0 bridgehead atoms. The molecule has 3 aromatic rings. The van der Waals surface area contributed by atoms with Gasteiger partial charge in [-0.15, -0.1) is 5.10 Å². The Balaban J connectivity index is 1.74. The molecule has 178 valence electrons. The Bertz CT molecular complexity index is 1190. The number of hydrogen-bond donors (Lipinski definition) is 1. The Labute approximate surface area is 204 Å². The largest absolute Gasteiger partial charge is 0.489 e. The van der Waals surface area contributed by atoms with Crippen LogP contribution in [0.25, 0.3) is 0 Å². The second kappa shape index (κ2) is 10.8. The van der Waals surface area contributed by atoms with E-state index >= 15 is 0 Å². The van der Waals surface area contributed by atoms with E-state index in [4.69, 9.17) is 14.6 Å². The molecule has 1 atom stereocenters. The number of nitrogens with zero attached hydrogens (tertiary/aromatic N) is 3. The van der Waals surface area contributed by atoms with Crippen molar-refractivity contribution in [1.82, 2.24) is 14.8 Å². The number of fused-ring (bicyclic) bond motifs is 1. The third-order valence-electron chi connectivity index (χ3n) is 5.49. The van der Waals surface area contributed by atoms with E-state index < -0.39 is 6.04 Å². The van der Waals surface area contributed by atoms with Gasteiger partial charge in [0.05, 0.1) is 12.2 Å². The van der Waals surface area contributed by atoms with Gasteiger partial charge in [0.2, 0.25) is 11.1 Å². The van der Waals surface area contributed by atoms with Gasteiger partial charge in [0.15, 0.2) is 0 Å². The molecule has 4 rings (SSSR count). The molecule has 0 radical (unpaired) electrons. The van der Waals surface area contributed by atoms with Crippen molar-refractivity contribution in [1.29, 1.82) is 0 Å². The van der Waals surface area contributed by atoms with Gasteiger partial charge in [-0.1, -0.05) is 66.7 Å². The molecule has 1 aliphatic rings. The topological polar surface area (TPSA) is 78.3 Å². The Morgan fingerprint density at radius 3 is 2.62 bits per heavy atom. The summed E-state index contributed by atoms with van der Waals surface area (Å²) < 4.78 is 13.5. The molecule has 8 heteroatoms. The van der Waals surface area contributed by atoms with Crippen LogP contribution in [-0.4, -0.2) is 33.1 Å². The highest BCUT2D eigenvalue weighted by atomic mass is 32.2. The van der Waals surface area contributed by atoms with Crippen molar-refractivity contribution >= 4 is 23.7 Å². The van der Waals surface area contributed by atoms with Crippen molar-refractivity contribution in [2.75, 3.05) is 17.7 Å². The maximum Gasteiger partial charge on any atom is 0.338 e. The number of thioether (sulfide) groups is 1. The van der Waals surface area contributed by atoms with Crippen molar-refractivity contribution in [2.24, 2.45) is 0 Å². The number of hydrogen-bond acceptors (Lipinski definition) is 7. The summed E-state index contributed by atoms with van der Waals surface area (Å²) in [4.78, 5) is 17.7. The van der Waals surface area contributed by atoms with Crippen LogP contribution in [0.1, 0.15) is 49.9 Å². The van der Waals surface area contributed by atoms with Crippen LogP contribution in [0.3, 0.4) is 0 Å². The van der Waals surface area contributed by atoms with Crippen LogP contribution in [0.15, 0.2) is 65.0 Å². The fourth-order valence-corrected chi connectivity index (χ4v) is 4.51. The van der Waals surface area contributed by atoms with E-state index in [-0.39, 0.29) is 12.6 Å². The first-order valence-electron chi connectivity index (χ1n) is 11.5. The van der Waals surface area contributed by atoms with Gasteiger partial charge < -0.3 is 14.8 Å². The first-order valence-corrected chi connectivity index (χ1v) is 12.5. The molecule has 1 N–H and O–H groups in total. The van der Waals surface area contributed by atoms with Crippen LogP contribution in [0.2, 0.25) is 0 Å². The van der Waals surface area contributed by atoms with Crippen LogP contribution in [0, 0.1) is 6.92 Å². The van der Waals surface area contributed by atoms with E-state index in [0.717, 1.165) is 23.3 Å². The highest BCUT2D eigenvalue weighted by molar-refractivity contribution is 7.99. The van der Waals surface area contributed by atoms with Gasteiger partial charge >= 0.3 is 5.97 Å². The van der Waals surface area contributed by atoms with Crippen molar-refractivity contribution < 1.29 is 14.3 Å². The fourth-order valence-electron chi connectivity index (χ4n) is 3.83. The number of allylic oxidation sites excluding steroid dienone is 1. The van der Waals surface area contributed by atoms with Crippen molar-refractivity contribution in [3.63, 3.8) is 0 Å². The molecule has 0 saturated carbocycles. The molecule has 0 fully saturated rings. The van der Waals surface area contributed by atoms with Gasteiger partial charge in [-0.05, 0) is 38.8 Å². The Hall–Kier alpha value is -3.26. The molecule has 0 aliphatic carbocycles. The van der Waals surface area contributed by atoms with Gasteiger partial charge in [0.25, 0.3) is 0 Å². The molecule has 34 heavy (non-hydrogen) atoms. The molecule has 1 aromatic heterocycles. The predicted octanol–water partition coefficient (Wildman–Crippen LogP) is 5.52. The Kier molecular flexibility index (Phi) is 7.57. The number of carbonyl (C=O) groups excluding carboxylic acids is 1. The smallest absolute Gasteiger partial charge is 0.338 e. The zero-order chi connectivity index (χ0) is 24.1. The number of nitrogens with one attached hydrogen (secondary N) is 1. The first kappa shape index (κ1) is 23.9. The predicted molar refractivity (Wildman–Crippen MR) is 134 cm³/mol. The lowest BCUT2D eigenvalue weighted by atomic mass is 9.95. The maximum absolute atomic E-state index is 13.1. The monoisotopic (exact) mass is 478 g/mol. The van der Waals surface area contributed by atoms with E-state index in [2.05, 4.69) is 48.4 Å². The van der Waals surface area contributed by atoms with Gasteiger partial charge in [0.1, 0.15) is 18.4 Å². The van der Waals surface area contributed by atoms with Crippen LogP contribution in [0.5, 0.6) is 5.75 Å². The molecular formula is C26H30N4O3S. The zero-order valence-electron chi connectivity index (χ0n) is 20.0. The normalized spacial score (nSPS) is 15.0. The third-order valence-corrected chi connectivity index (χ3v) is 6.54. The zero-order valence-corrected chi connectivity index (χ0v) is 20.8. The molecule has 2 heterocycles. The molecular weight excluding hydrogens is 448 g/mol. The third kappa shape index (κ3) is 5.12. The van der Waals surface area contributed by atoms with E-state index in [9.17, 15) is 4.79 Å². The van der Waals surface area contributed by atoms with Gasteiger partial charge in [-0.3, -0.25) is 0 Å². The van der Waals surface area contributed by atoms with Crippen LogP contribution < -0.4 is 10.1 Å². The summed E-state index contributed by atoms with van der Waals surface area (Å²) in [7, 11) is 0. The van der Waals surface area contributed by atoms with E-state index in [0.29, 0.717) is 34.7 Å². The summed E-state index contributed by atoms with van der Waals surface area (Å²) in [6, 6.07) is 15.5. The minimum absolute atomic E-state index is 0.287. The Morgan fingerprint density at radius 1 is 1.12 bits per heavy atom. The number of aryl methyl sites for hydroxylation is 1. The number of carbonyl (C=O) groups is 1. The summed E-state index contributed by atoms with van der Waals surface area (Å²) in [5, 5.41) is 8.66. The van der Waals surface area contributed by atoms with Gasteiger partial charge in [-0.2, -0.15) is 4.98 Å². The summed E-state index contributed by atoms with van der Waals surface area (Å²) in [6.07, 6.45) is 1.02. The van der Waals surface area contributed by atoms with Crippen LogP contribution in [-0.2, 0) is 16.1 Å². The minimum atomic E-state index is -0.520. The molecule has 2 aromatic carbocycles. The van der Waals surface area contributed by atoms with Gasteiger partial charge in [0, 0.05) is 17.0 Å². The van der Waals surface area contributed by atoms with E-state index in [1.54, 1.807) is 23.4 Å². The van der Waals surface area contributed by atoms with Crippen LogP contribution in [0.4, 0.5) is 5.95 Å². The summed E-state index contributed by atoms with van der Waals surface area (Å²) in [5.74, 6) is 1.83. The number of ether oxygens (including phenoxy) is 2. The van der Waals surface area contributed by atoms with Crippen LogP contribution >= 0.6 is 11.8 Å². The fraction of sp³-hybridized carbons (Fsp3) is 0.346. The summed E-state index contributed by atoms with van der Waals surface area (Å²) in [6.45, 7) is 8.56. The molecule has 1 aliphatic heterocycles. The second-order valence-electron chi connectivity index (χ2n) is 8.11. The van der Waals surface area contributed by atoms with E-state index in [1.807, 2.05) is 31.2 Å². The second-order valence-corrected chi connectivity index (χ2v) is 9.17. The summed E-state index contributed by atoms with van der Waals surface area (Å²) >= 11 is 1.60. The molecule has 7 nitrogen and oxygen atoms in total. The average molecular weight is 479 g/mol. The van der Waals surface area contributed by atoms with Crippen molar-refractivity contribution in [3.05, 3.63) is 76.5 Å². The van der Waals surface area contributed by atoms with Crippen molar-refractivity contribution in [3.8, 4) is 5.75 Å². The maximum atomic E-state index is 13.1. The van der Waals surface area contributed by atoms with E-state index in [1.165, 1.54) is 5.56 Å². The lowest BCUT2D eigenvalue weighted by Gasteiger charge is -2.29. The van der Waals surface area contributed by atoms with Crippen molar-refractivity contribution in [2.45, 2.75) is 51.9 Å². The standard InChI is InChI=1S/C26H30N4O3S/c1-5-15-34-26-28-25-27-18(4)22(24(31)32-6-2)23(30(25)29-26)20-9-7-8-10-21(20)33-16-19-13-11-17(3)12-14-19/h7-14,23H,5-6,15-16H2,1-4H3,(H,27,28,29). The lowest BCUT2D eigenvalue weighted by molar-refractivity contribution is -0.139. The average Bonchev–Trinajstić information content (AvgIpc) is 3.24. The number of para-hydroxylation sites is 1. The molecule has 0 saturated heterocycles. The summed E-state index contributed by atoms with van der Waals surface area (Å²) in [5.41, 5.74) is 4.30. The minimum Gasteiger partial charge on any atom is -0.489 e. The molecule has 1 unspecified atom stereocenters. The van der Waals surface area contributed by atoms with Gasteiger partial charge in [-0.25, -0.2) is 9.48 Å². The first-order chi connectivity index (χ1) is 16.5. The number of anilines is 1. The number of aromatic nitrogens is 3.